The van der Waals surface area contributed by atoms with Crippen LogP contribution in [0.3, 0.4) is 0 Å². The third-order valence-electron chi connectivity index (χ3n) is 5.92. The van der Waals surface area contributed by atoms with Crippen LogP contribution in [0.1, 0.15) is 37.0 Å². The fourth-order valence-corrected chi connectivity index (χ4v) is 4.28. The molecular formula is C21H29N3O2. The molecule has 1 aliphatic heterocycles. The summed E-state index contributed by atoms with van der Waals surface area (Å²) >= 11 is 0. The predicted octanol–water partition coefficient (Wildman–Crippen LogP) is 2.61. The van der Waals surface area contributed by atoms with E-state index < -0.39 is 0 Å². The van der Waals surface area contributed by atoms with Crippen LogP contribution in [0.2, 0.25) is 0 Å². The van der Waals surface area contributed by atoms with Gasteiger partial charge in [0.15, 0.2) is 0 Å². The van der Waals surface area contributed by atoms with Crippen LogP contribution in [-0.2, 0) is 13.0 Å². The summed E-state index contributed by atoms with van der Waals surface area (Å²) in [7, 11) is 0. The maximum atomic E-state index is 9.74. The number of aliphatic hydroxyl groups excluding tert-OH is 1. The first-order valence-electron chi connectivity index (χ1n) is 9.84. The zero-order valence-corrected chi connectivity index (χ0v) is 15.3. The van der Waals surface area contributed by atoms with E-state index in [0.717, 1.165) is 44.7 Å². The van der Waals surface area contributed by atoms with Gasteiger partial charge in [-0.25, -0.2) is 0 Å². The van der Waals surface area contributed by atoms with E-state index in [1.807, 2.05) is 18.5 Å². The summed E-state index contributed by atoms with van der Waals surface area (Å²) in [6.07, 6.45) is 10.6. The highest BCUT2D eigenvalue weighted by Crippen LogP contribution is 2.32. The summed E-state index contributed by atoms with van der Waals surface area (Å²) < 4.78 is 5.47. The lowest BCUT2D eigenvalue weighted by Crippen LogP contribution is -2.52. The molecule has 1 atom stereocenters. The van der Waals surface area contributed by atoms with Gasteiger partial charge in [0.1, 0.15) is 5.76 Å². The summed E-state index contributed by atoms with van der Waals surface area (Å²) in [6, 6.07) is 9.23. The van der Waals surface area contributed by atoms with E-state index in [0.29, 0.717) is 18.0 Å². The van der Waals surface area contributed by atoms with Crippen LogP contribution in [0.4, 0.5) is 0 Å². The number of piperidine rings is 1. The monoisotopic (exact) mass is 355 g/mol. The van der Waals surface area contributed by atoms with Gasteiger partial charge in [-0.05, 0) is 67.9 Å². The second-order valence-corrected chi connectivity index (χ2v) is 7.85. The number of nitrogens with zero attached hydrogens (tertiary/aromatic N) is 2. The van der Waals surface area contributed by atoms with Crippen molar-refractivity contribution in [3.8, 4) is 0 Å². The minimum Gasteiger partial charge on any atom is -0.468 e. The van der Waals surface area contributed by atoms with Crippen LogP contribution in [0.25, 0.3) is 0 Å². The van der Waals surface area contributed by atoms with Gasteiger partial charge in [-0.2, -0.15) is 0 Å². The number of rotatable bonds is 7. The quantitative estimate of drug-likeness (QED) is 0.799. The molecular weight excluding hydrogens is 326 g/mol. The average Bonchev–Trinajstić information content (AvgIpc) is 3.14. The molecule has 0 bridgehead atoms. The van der Waals surface area contributed by atoms with Crippen LogP contribution in [-0.4, -0.2) is 46.3 Å². The molecule has 2 fully saturated rings. The van der Waals surface area contributed by atoms with Gasteiger partial charge >= 0.3 is 0 Å². The van der Waals surface area contributed by atoms with Crippen molar-refractivity contribution in [2.45, 2.75) is 56.8 Å². The Labute approximate surface area is 155 Å². The summed E-state index contributed by atoms with van der Waals surface area (Å²) in [5.41, 5.74) is 1.33. The number of pyridine rings is 1. The molecule has 5 nitrogen and oxygen atoms in total. The maximum absolute atomic E-state index is 9.74. The van der Waals surface area contributed by atoms with E-state index in [1.165, 1.54) is 18.4 Å². The van der Waals surface area contributed by atoms with Crippen molar-refractivity contribution in [2.24, 2.45) is 5.92 Å². The van der Waals surface area contributed by atoms with Crippen molar-refractivity contribution in [2.75, 3.05) is 13.1 Å². The Morgan fingerprint density at radius 3 is 2.62 bits per heavy atom. The lowest BCUT2D eigenvalue weighted by molar-refractivity contribution is 0.0200. The summed E-state index contributed by atoms with van der Waals surface area (Å²) in [5.74, 6) is 1.63. The SMILES string of the molecule is OC1CC([C@H](Cc2ccncc2)NC2CCN(Cc3ccco3)CC2)C1. The van der Waals surface area contributed by atoms with E-state index in [1.54, 1.807) is 6.26 Å². The third kappa shape index (κ3) is 4.53. The number of likely N-dealkylation sites (tertiary alicyclic amines) is 1. The second-order valence-electron chi connectivity index (χ2n) is 7.85. The molecule has 0 amide bonds. The highest BCUT2D eigenvalue weighted by atomic mass is 16.3. The molecule has 1 aliphatic carbocycles. The van der Waals surface area contributed by atoms with Crippen molar-refractivity contribution in [3.05, 3.63) is 54.2 Å². The van der Waals surface area contributed by atoms with E-state index in [-0.39, 0.29) is 6.10 Å². The molecule has 1 saturated heterocycles. The fraction of sp³-hybridized carbons (Fsp3) is 0.571. The Hall–Kier alpha value is -1.69. The Balaban J connectivity index is 1.30. The number of aliphatic hydroxyl groups is 1. The Bertz CT molecular complexity index is 647. The first-order chi connectivity index (χ1) is 12.8. The molecule has 2 N–H and O–H groups in total. The minimum absolute atomic E-state index is 0.100. The van der Waals surface area contributed by atoms with Crippen LogP contribution in [0.5, 0.6) is 0 Å². The number of furan rings is 1. The molecule has 2 aliphatic rings. The van der Waals surface area contributed by atoms with Crippen LogP contribution >= 0.6 is 0 Å². The van der Waals surface area contributed by atoms with Gasteiger partial charge in [0, 0.05) is 37.6 Å². The van der Waals surface area contributed by atoms with Crippen molar-refractivity contribution in [1.82, 2.24) is 15.2 Å². The largest absolute Gasteiger partial charge is 0.468 e. The molecule has 4 rings (SSSR count). The van der Waals surface area contributed by atoms with Gasteiger partial charge in [-0.15, -0.1) is 0 Å². The summed E-state index contributed by atoms with van der Waals surface area (Å²) in [6.45, 7) is 3.12. The van der Waals surface area contributed by atoms with E-state index in [2.05, 4.69) is 33.4 Å². The predicted molar refractivity (Wildman–Crippen MR) is 101 cm³/mol. The zero-order valence-electron chi connectivity index (χ0n) is 15.3. The number of aromatic nitrogens is 1. The van der Waals surface area contributed by atoms with Gasteiger partial charge in [0.2, 0.25) is 0 Å². The van der Waals surface area contributed by atoms with E-state index in [4.69, 9.17) is 4.42 Å². The molecule has 0 unspecified atom stereocenters. The Morgan fingerprint density at radius 1 is 1.19 bits per heavy atom. The third-order valence-corrected chi connectivity index (χ3v) is 5.92. The van der Waals surface area contributed by atoms with Gasteiger partial charge in [0.05, 0.1) is 18.9 Å². The van der Waals surface area contributed by atoms with Gasteiger partial charge < -0.3 is 14.8 Å². The van der Waals surface area contributed by atoms with Crippen LogP contribution in [0, 0.1) is 5.92 Å². The first kappa shape index (κ1) is 17.7. The standard InChI is InChI=1S/C21H29N3O2/c25-19-13-17(14-19)21(12-16-3-7-22-8-4-16)23-18-5-9-24(10-6-18)15-20-2-1-11-26-20/h1-4,7-8,11,17-19,21,23,25H,5-6,9-10,12-15H2/t17?,19?,21-/m0/s1. The van der Waals surface area contributed by atoms with Gasteiger partial charge in [-0.1, -0.05) is 0 Å². The van der Waals surface area contributed by atoms with Crippen molar-refractivity contribution < 1.29 is 9.52 Å². The van der Waals surface area contributed by atoms with Gasteiger partial charge in [0.25, 0.3) is 0 Å². The van der Waals surface area contributed by atoms with Crippen molar-refractivity contribution in [1.29, 1.82) is 0 Å². The molecule has 3 heterocycles. The molecule has 0 spiro atoms. The van der Waals surface area contributed by atoms with E-state index in [9.17, 15) is 5.11 Å². The highest BCUT2D eigenvalue weighted by Gasteiger charge is 2.35. The average molecular weight is 355 g/mol. The molecule has 0 aromatic carbocycles. The van der Waals surface area contributed by atoms with Crippen LogP contribution in [0.15, 0.2) is 47.3 Å². The second kappa shape index (κ2) is 8.33. The minimum atomic E-state index is -0.100. The topological polar surface area (TPSA) is 61.5 Å². The fourth-order valence-electron chi connectivity index (χ4n) is 4.28. The Morgan fingerprint density at radius 2 is 1.96 bits per heavy atom. The summed E-state index contributed by atoms with van der Waals surface area (Å²) in [5, 5.41) is 13.7. The molecule has 0 radical (unpaired) electrons. The molecule has 5 heteroatoms. The normalized spacial score (nSPS) is 25.7. The zero-order chi connectivity index (χ0) is 17.8. The van der Waals surface area contributed by atoms with Crippen LogP contribution < -0.4 is 5.32 Å². The highest BCUT2D eigenvalue weighted by molar-refractivity contribution is 5.12. The number of hydrogen-bond donors (Lipinski definition) is 2. The molecule has 1 saturated carbocycles. The number of nitrogens with one attached hydrogen (secondary N) is 1. The smallest absolute Gasteiger partial charge is 0.117 e. The number of hydrogen-bond acceptors (Lipinski definition) is 5. The Kier molecular flexibility index (Phi) is 5.68. The molecule has 2 aromatic rings. The maximum Gasteiger partial charge on any atom is 0.117 e. The molecule has 140 valence electrons. The molecule has 2 aromatic heterocycles. The first-order valence-corrected chi connectivity index (χ1v) is 9.84. The lowest BCUT2D eigenvalue weighted by Gasteiger charge is -2.41. The van der Waals surface area contributed by atoms with E-state index >= 15 is 0 Å². The summed E-state index contributed by atoms with van der Waals surface area (Å²) in [4.78, 5) is 6.60. The lowest BCUT2D eigenvalue weighted by atomic mass is 9.75. The van der Waals surface area contributed by atoms with Crippen molar-refractivity contribution >= 4 is 0 Å². The van der Waals surface area contributed by atoms with Crippen molar-refractivity contribution in [3.63, 3.8) is 0 Å². The molecule has 26 heavy (non-hydrogen) atoms. The van der Waals surface area contributed by atoms with Gasteiger partial charge in [-0.3, -0.25) is 9.88 Å².